The van der Waals surface area contributed by atoms with Gasteiger partial charge in [-0.15, -0.1) is 24.0 Å². The van der Waals surface area contributed by atoms with Crippen LogP contribution in [0.25, 0.3) is 0 Å². The predicted molar refractivity (Wildman–Crippen MR) is 119 cm³/mol. The number of likely N-dealkylation sites (tertiary alicyclic amines) is 1. The summed E-state index contributed by atoms with van der Waals surface area (Å²) in [6.45, 7) is 11.0. The highest BCUT2D eigenvalue weighted by Crippen LogP contribution is 2.18. The van der Waals surface area contributed by atoms with E-state index in [-0.39, 0.29) is 29.9 Å². The van der Waals surface area contributed by atoms with Crippen LogP contribution in [-0.4, -0.2) is 49.6 Å². The molecule has 0 radical (unpaired) electrons. The second-order valence-electron chi connectivity index (χ2n) is 7.05. The molecule has 0 aliphatic carbocycles. The van der Waals surface area contributed by atoms with Gasteiger partial charge in [0.25, 0.3) is 0 Å². The maximum absolute atomic E-state index is 13.4. The van der Waals surface area contributed by atoms with Gasteiger partial charge in [-0.1, -0.05) is 19.9 Å². The highest BCUT2D eigenvalue weighted by Gasteiger charge is 2.19. The lowest BCUT2D eigenvalue weighted by Gasteiger charge is -2.32. The molecule has 1 aliphatic heterocycles. The van der Waals surface area contributed by atoms with Crippen molar-refractivity contribution >= 4 is 29.9 Å². The van der Waals surface area contributed by atoms with Crippen molar-refractivity contribution < 1.29 is 8.78 Å². The topological polar surface area (TPSA) is 39.7 Å². The number of piperidine rings is 1. The molecular formula is C20H33F2IN4. The molecule has 0 bridgehead atoms. The first-order valence-electron chi connectivity index (χ1n) is 9.75. The van der Waals surface area contributed by atoms with Gasteiger partial charge < -0.3 is 15.5 Å². The van der Waals surface area contributed by atoms with Crippen molar-refractivity contribution in [1.82, 2.24) is 15.5 Å². The summed E-state index contributed by atoms with van der Waals surface area (Å²) in [5.41, 5.74) is 0.761. The lowest BCUT2D eigenvalue weighted by molar-refractivity contribution is 0.206. The van der Waals surface area contributed by atoms with Gasteiger partial charge in [-0.25, -0.2) is 8.78 Å². The molecule has 154 valence electrons. The molecule has 0 spiro atoms. The van der Waals surface area contributed by atoms with Crippen molar-refractivity contribution in [1.29, 1.82) is 0 Å². The van der Waals surface area contributed by atoms with Crippen LogP contribution in [0.5, 0.6) is 0 Å². The monoisotopic (exact) mass is 494 g/mol. The second kappa shape index (κ2) is 12.5. The molecule has 1 aromatic carbocycles. The van der Waals surface area contributed by atoms with E-state index in [0.29, 0.717) is 12.6 Å². The highest BCUT2D eigenvalue weighted by atomic mass is 127. The number of rotatable bonds is 7. The first kappa shape index (κ1) is 24.1. The Kier molecular flexibility index (Phi) is 11.1. The third-order valence-corrected chi connectivity index (χ3v) is 4.85. The number of hydrogen-bond donors (Lipinski definition) is 2. The van der Waals surface area contributed by atoms with E-state index in [1.54, 1.807) is 6.07 Å². The van der Waals surface area contributed by atoms with Gasteiger partial charge in [-0.2, -0.15) is 0 Å². The number of benzene rings is 1. The van der Waals surface area contributed by atoms with E-state index in [2.05, 4.69) is 27.4 Å². The molecule has 1 fully saturated rings. The minimum atomic E-state index is -0.811. The standard InChI is InChI=1S/C20H32F2N4.HI/c1-4-10-26-11-8-17(9-12-26)25-20(23-5-2)24-14-15(3)16-6-7-18(21)19(22)13-16;/h6-7,13,15,17H,4-5,8-12,14H2,1-3H3,(H2,23,24,25);1H. The third kappa shape index (κ3) is 7.89. The van der Waals surface area contributed by atoms with Crippen molar-refractivity contribution in [3.05, 3.63) is 35.4 Å². The number of hydrogen-bond acceptors (Lipinski definition) is 2. The lowest BCUT2D eigenvalue weighted by atomic mass is 10.0. The predicted octanol–water partition coefficient (Wildman–Crippen LogP) is 4.12. The van der Waals surface area contributed by atoms with Crippen LogP contribution in [0, 0.1) is 11.6 Å². The van der Waals surface area contributed by atoms with Crippen LogP contribution in [0.3, 0.4) is 0 Å². The normalized spacial score (nSPS) is 17.3. The fourth-order valence-corrected chi connectivity index (χ4v) is 3.28. The van der Waals surface area contributed by atoms with Gasteiger partial charge >= 0.3 is 0 Å². The summed E-state index contributed by atoms with van der Waals surface area (Å²) in [6, 6.07) is 4.50. The smallest absolute Gasteiger partial charge is 0.191 e. The molecule has 2 N–H and O–H groups in total. The molecule has 0 amide bonds. The Bertz CT molecular complexity index is 589. The lowest BCUT2D eigenvalue weighted by Crippen LogP contribution is -2.48. The molecule has 1 heterocycles. The van der Waals surface area contributed by atoms with Crippen molar-refractivity contribution in [2.45, 2.75) is 52.0 Å². The van der Waals surface area contributed by atoms with E-state index in [0.717, 1.165) is 44.0 Å². The van der Waals surface area contributed by atoms with Crippen molar-refractivity contribution in [2.24, 2.45) is 4.99 Å². The summed E-state index contributed by atoms with van der Waals surface area (Å²) in [5, 5.41) is 6.81. The summed E-state index contributed by atoms with van der Waals surface area (Å²) in [6.07, 6.45) is 3.43. The Hall–Kier alpha value is -0.960. The largest absolute Gasteiger partial charge is 0.357 e. The Morgan fingerprint density at radius 1 is 1.22 bits per heavy atom. The van der Waals surface area contributed by atoms with Crippen LogP contribution in [0.1, 0.15) is 51.5 Å². The molecule has 0 saturated carbocycles. The van der Waals surface area contributed by atoms with Crippen LogP contribution < -0.4 is 10.6 Å². The maximum atomic E-state index is 13.4. The molecule has 1 saturated heterocycles. The molecule has 7 heteroatoms. The average Bonchev–Trinajstić information content (AvgIpc) is 2.63. The van der Waals surface area contributed by atoms with Crippen molar-refractivity contribution in [3.8, 4) is 0 Å². The maximum Gasteiger partial charge on any atom is 0.191 e. The minimum absolute atomic E-state index is 0. The first-order valence-corrected chi connectivity index (χ1v) is 9.75. The Morgan fingerprint density at radius 2 is 1.93 bits per heavy atom. The summed E-state index contributed by atoms with van der Waals surface area (Å²) < 4.78 is 26.5. The van der Waals surface area contributed by atoms with Gasteiger partial charge in [-0.05, 0) is 50.4 Å². The summed E-state index contributed by atoms with van der Waals surface area (Å²) in [7, 11) is 0. The number of halogens is 3. The Labute approximate surface area is 179 Å². The molecule has 1 atom stereocenters. The van der Waals surface area contributed by atoms with Gasteiger partial charge in [0.15, 0.2) is 17.6 Å². The molecule has 1 aromatic rings. The van der Waals surface area contributed by atoms with Crippen LogP contribution in [0.2, 0.25) is 0 Å². The minimum Gasteiger partial charge on any atom is -0.357 e. The molecule has 0 aromatic heterocycles. The number of nitrogens with one attached hydrogen (secondary N) is 2. The van der Waals surface area contributed by atoms with Crippen molar-refractivity contribution in [3.63, 3.8) is 0 Å². The molecule has 1 aliphatic rings. The molecular weight excluding hydrogens is 461 g/mol. The zero-order valence-electron chi connectivity index (χ0n) is 16.6. The first-order chi connectivity index (χ1) is 12.5. The summed E-state index contributed by atoms with van der Waals surface area (Å²) in [4.78, 5) is 7.16. The molecule has 27 heavy (non-hydrogen) atoms. The van der Waals surface area contributed by atoms with Crippen LogP contribution in [0.15, 0.2) is 23.2 Å². The fraction of sp³-hybridized carbons (Fsp3) is 0.650. The SMILES string of the molecule is CCCN1CCC(NC(=NCC(C)c2ccc(F)c(F)c2)NCC)CC1.I. The van der Waals surface area contributed by atoms with Crippen LogP contribution in [0.4, 0.5) is 8.78 Å². The van der Waals surface area contributed by atoms with Gasteiger partial charge in [0, 0.05) is 38.1 Å². The van der Waals surface area contributed by atoms with Crippen LogP contribution in [-0.2, 0) is 0 Å². The Balaban J connectivity index is 0.00000364. The summed E-state index contributed by atoms with van der Waals surface area (Å²) >= 11 is 0. The quantitative estimate of drug-likeness (QED) is 0.341. The van der Waals surface area contributed by atoms with Crippen LogP contribution >= 0.6 is 24.0 Å². The highest BCUT2D eigenvalue weighted by molar-refractivity contribution is 14.0. The molecule has 4 nitrogen and oxygen atoms in total. The Morgan fingerprint density at radius 3 is 2.52 bits per heavy atom. The molecule has 1 unspecified atom stereocenters. The van der Waals surface area contributed by atoms with E-state index in [4.69, 9.17) is 0 Å². The zero-order chi connectivity index (χ0) is 18.9. The van der Waals surface area contributed by atoms with Gasteiger partial charge in [0.05, 0.1) is 0 Å². The van der Waals surface area contributed by atoms with E-state index in [1.807, 2.05) is 13.8 Å². The van der Waals surface area contributed by atoms with E-state index >= 15 is 0 Å². The molecule has 2 rings (SSSR count). The van der Waals surface area contributed by atoms with E-state index in [1.165, 1.54) is 25.1 Å². The number of aliphatic imine (C=N–C) groups is 1. The third-order valence-electron chi connectivity index (χ3n) is 4.85. The number of guanidine groups is 1. The number of nitrogens with zero attached hydrogens (tertiary/aromatic N) is 2. The zero-order valence-corrected chi connectivity index (χ0v) is 18.9. The summed E-state index contributed by atoms with van der Waals surface area (Å²) in [5.74, 6) is -0.793. The van der Waals surface area contributed by atoms with E-state index < -0.39 is 11.6 Å². The average molecular weight is 494 g/mol. The van der Waals surface area contributed by atoms with Gasteiger partial charge in [0.1, 0.15) is 0 Å². The van der Waals surface area contributed by atoms with Gasteiger partial charge in [0.2, 0.25) is 0 Å². The van der Waals surface area contributed by atoms with Gasteiger partial charge in [-0.3, -0.25) is 4.99 Å². The van der Waals surface area contributed by atoms with Crippen molar-refractivity contribution in [2.75, 3.05) is 32.7 Å². The fourth-order valence-electron chi connectivity index (χ4n) is 3.28. The van der Waals surface area contributed by atoms with E-state index in [9.17, 15) is 8.78 Å². The second-order valence-corrected chi connectivity index (χ2v) is 7.05.